The second-order valence-corrected chi connectivity index (χ2v) is 4.70. The number of rotatable bonds is 3. The van der Waals surface area contributed by atoms with E-state index in [1.165, 1.54) is 0 Å². The zero-order chi connectivity index (χ0) is 13.2. The number of hydrogen-bond donors (Lipinski definition) is 0. The lowest BCUT2D eigenvalue weighted by atomic mass is 10.2. The van der Waals surface area contributed by atoms with E-state index in [4.69, 9.17) is 0 Å². The van der Waals surface area contributed by atoms with Crippen LogP contribution in [0.15, 0.2) is 35.2 Å². The van der Waals surface area contributed by atoms with Gasteiger partial charge in [-0.1, -0.05) is 6.08 Å². The number of carbonyl (C=O) groups is 1. The van der Waals surface area contributed by atoms with Gasteiger partial charge in [-0.25, -0.2) is 0 Å². The van der Waals surface area contributed by atoms with Crippen molar-refractivity contribution < 1.29 is 4.79 Å². The van der Waals surface area contributed by atoms with Crippen LogP contribution in [0.25, 0.3) is 0 Å². The highest BCUT2D eigenvalue weighted by Gasteiger charge is 2.16. The molecule has 0 spiro atoms. The van der Waals surface area contributed by atoms with Gasteiger partial charge in [0.1, 0.15) is 5.82 Å². The van der Waals surface area contributed by atoms with Gasteiger partial charge in [0, 0.05) is 53.4 Å². The molecule has 4 nitrogen and oxygen atoms in total. The quantitative estimate of drug-likeness (QED) is 0.727. The third-order valence-electron chi connectivity index (χ3n) is 2.51. The first-order valence-corrected chi connectivity index (χ1v) is 5.55. The van der Waals surface area contributed by atoms with Crippen LogP contribution in [0, 0.1) is 0 Å². The molecule has 4 heteroatoms. The Balaban J connectivity index is 3.09. The summed E-state index contributed by atoms with van der Waals surface area (Å²) in [4.78, 5) is 17.5. The first kappa shape index (κ1) is 13.4. The van der Waals surface area contributed by atoms with Gasteiger partial charge in [-0.15, -0.1) is 0 Å². The van der Waals surface area contributed by atoms with Crippen LogP contribution in [0.2, 0.25) is 0 Å². The summed E-state index contributed by atoms with van der Waals surface area (Å²) >= 11 is 0. The predicted molar refractivity (Wildman–Crippen MR) is 70.3 cm³/mol. The Hall–Kier alpha value is -1.71. The topological polar surface area (TPSA) is 26.8 Å². The van der Waals surface area contributed by atoms with Gasteiger partial charge >= 0.3 is 0 Å². The number of carbonyl (C=O) groups excluding carboxylic acids is 1. The van der Waals surface area contributed by atoms with Gasteiger partial charge in [0.25, 0.3) is 5.91 Å². The molecule has 0 saturated carbocycles. The van der Waals surface area contributed by atoms with Crippen molar-refractivity contribution >= 4 is 5.91 Å². The molecule has 1 aliphatic rings. The highest BCUT2D eigenvalue weighted by atomic mass is 16.2. The minimum atomic E-state index is 0.0353. The van der Waals surface area contributed by atoms with Gasteiger partial charge in [-0.2, -0.15) is 0 Å². The fourth-order valence-corrected chi connectivity index (χ4v) is 1.89. The maximum Gasteiger partial charge on any atom is 0.253 e. The van der Waals surface area contributed by atoms with E-state index >= 15 is 0 Å². The normalized spacial score (nSPS) is 13.5. The van der Waals surface area contributed by atoms with E-state index in [1.54, 1.807) is 19.0 Å². The number of hydrogen-bond acceptors (Lipinski definition) is 3. The lowest BCUT2D eigenvalue weighted by Gasteiger charge is -2.26. The maximum absolute atomic E-state index is 11.8. The highest BCUT2D eigenvalue weighted by molar-refractivity contribution is 5.97. The molecule has 0 saturated heterocycles. The van der Waals surface area contributed by atoms with Crippen molar-refractivity contribution in [3.05, 3.63) is 35.2 Å². The van der Waals surface area contributed by atoms with Crippen LogP contribution in [0.4, 0.5) is 0 Å². The molecular formula is C13H21N3O. The van der Waals surface area contributed by atoms with Gasteiger partial charge in [0.05, 0.1) is 0 Å². The van der Waals surface area contributed by atoms with E-state index in [0.29, 0.717) is 0 Å². The lowest BCUT2D eigenvalue weighted by Crippen LogP contribution is -2.26. The maximum atomic E-state index is 11.8. The monoisotopic (exact) mass is 235 g/mol. The van der Waals surface area contributed by atoms with Crippen molar-refractivity contribution in [2.24, 2.45) is 0 Å². The van der Waals surface area contributed by atoms with E-state index in [1.807, 2.05) is 56.2 Å². The zero-order valence-corrected chi connectivity index (χ0v) is 11.5. The summed E-state index contributed by atoms with van der Waals surface area (Å²) in [5.41, 5.74) is 1.79. The van der Waals surface area contributed by atoms with E-state index in [2.05, 4.69) is 0 Å². The van der Waals surface area contributed by atoms with Crippen LogP contribution in [-0.2, 0) is 4.79 Å². The fraction of sp³-hybridized carbons (Fsp3) is 0.462. The molecule has 94 valence electrons. The molecule has 0 aromatic heterocycles. The second kappa shape index (κ2) is 5.08. The Morgan fingerprint density at radius 2 is 1.41 bits per heavy atom. The largest absolute Gasteiger partial charge is 0.364 e. The van der Waals surface area contributed by atoms with Crippen molar-refractivity contribution in [1.29, 1.82) is 0 Å². The second-order valence-electron chi connectivity index (χ2n) is 4.70. The summed E-state index contributed by atoms with van der Waals surface area (Å²) in [6.45, 7) is 0. The van der Waals surface area contributed by atoms with Gasteiger partial charge in [0.15, 0.2) is 0 Å². The molecule has 0 aromatic carbocycles. The van der Waals surface area contributed by atoms with E-state index in [0.717, 1.165) is 17.0 Å². The van der Waals surface area contributed by atoms with Gasteiger partial charge in [-0.05, 0) is 12.2 Å². The highest BCUT2D eigenvalue weighted by Crippen LogP contribution is 2.21. The smallest absolute Gasteiger partial charge is 0.253 e. The number of likely N-dealkylation sites (N-methyl/N-ethyl adjacent to an activating group) is 1. The Morgan fingerprint density at radius 3 is 1.82 bits per heavy atom. The molecule has 0 unspecified atom stereocenters. The summed E-state index contributed by atoms with van der Waals surface area (Å²) in [5, 5.41) is 0. The van der Waals surface area contributed by atoms with Gasteiger partial charge < -0.3 is 14.7 Å². The third kappa shape index (κ3) is 2.90. The van der Waals surface area contributed by atoms with Gasteiger partial charge in [0.2, 0.25) is 0 Å². The first-order chi connectivity index (χ1) is 7.84. The van der Waals surface area contributed by atoms with Crippen molar-refractivity contribution in [2.75, 3.05) is 42.3 Å². The summed E-state index contributed by atoms with van der Waals surface area (Å²) in [6.07, 6.45) is 5.77. The molecule has 1 rings (SSSR count). The molecule has 1 aliphatic carbocycles. The molecule has 1 amide bonds. The van der Waals surface area contributed by atoms with Crippen LogP contribution >= 0.6 is 0 Å². The summed E-state index contributed by atoms with van der Waals surface area (Å²) in [5.74, 6) is 1.12. The Morgan fingerprint density at radius 1 is 0.882 bits per heavy atom. The summed E-state index contributed by atoms with van der Waals surface area (Å²) < 4.78 is 0. The molecular weight excluding hydrogens is 214 g/mol. The summed E-state index contributed by atoms with van der Waals surface area (Å²) in [7, 11) is 11.5. The minimum absolute atomic E-state index is 0.0353. The average molecular weight is 235 g/mol. The molecule has 0 atom stereocenters. The molecule has 0 N–H and O–H groups in total. The van der Waals surface area contributed by atoms with Crippen LogP contribution in [-0.4, -0.2) is 62.9 Å². The van der Waals surface area contributed by atoms with Crippen LogP contribution < -0.4 is 0 Å². The molecule has 0 fully saturated rings. The Labute approximate surface area is 103 Å². The molecule has 0 aliphatic heterocycles. The molecule has 0 aromatic rings. The standard InChI is InChI=1S/C13H21N3O/c1-14(2)12(15(3)4)10-7-8-11(9-10)13(17)16(5)6/h7-9H,1-6H3. The SMILES string of the molecule is CN(C)C(=O)C1=CC(=C(N(C)C)N(C)C)C=C1. The van der Waals surface area contributed by atoms with Gasteiger partial charge in [-0.3, -0.25) is 4.79 Å². The van der Waals surface area contributed by atoms with Crippen molar-refractivity contribution in [1.82, 2.24) is 14.7 Å². The van der Waals surface area contributed by atoms with E-state index in [-0.39, 0.29) is 5.91 Å². The average Bonchev–Trinajstić information content (AvgIpc) is 2.64. The Bertz CT molecular complexity index is 391. The third-order valence-corrected chi connectivity index (χ3v) is 2.51. The zero-order valence-electron chi connectivity index (χ0n) is 11.5. The molecule has 0 radical (unpaired) electrons. The van der Waals surface area contributed by atoms with Crippen molar-refractivity contribution in [2.45, 2.75) is 0 Å². The lowest BCUT2D eigenvalue weighted by molar-refractivity contribution is -0.124. The van der Waals surface area contributed by atoms with Crippen LogP contribution in [0.1, 0.15) is 0 Å². The minimum Gasteiger partial charge on any atom is -0.364 e. The number of amides is 1. The molecule has 0 heterocycles. The van der Waals surface area contributed by atoms with E-state index < -0.39 is 0 Å². The number of allylic oxidation sites excluding steroid dienone is 3. The predicted octanol–water partition coefficient (Wildman–Crippen LogP) is 0.906. The molecule has 17 heavy (non-hydrogen) atoms. The van der Waals surface area contributed by atoms with Crippen LogP contribution in [0.3, 0.4) is 0 Å². The Kier molecular flexibility index (Phi) is 3.99. The number of nitrogens with zero attached hydrogens (tertiary/aromatic N) is 3. The van der Waals surface area contributed by atoms with Crippen molar-refractivity contribution in [3.63, 3.8) is 0 Å². The molecule has 0 bridgehead atoms. The first-order valence-electron chi connectivity index (χ1n) is 5.55. The van der Waals surface area contributed by atoms with Crippen LogP contribution in [0.5, 0.6) is 0 Å². The summed E-state index contributed by atoms with van der Waals surface area (Å²) in [6, 6.07) is 0. The van der Waals surface area contributed by atoms with E-state index in [9.17, 15) is 4.79 Å². The van der Waals surface area contributed by atoms with Crippen molar-refractivity contribution in [3.8, 4) is 0 Å². The fourth-order valence-electron chi connectivity index (χ4n) is 1.89.